The van der Waals surface area contributed by atoms with Gasteiger partial charge in [-0.3, -0.25) is 20.4 Å². The summed E-state index contributed by atoms with van der Waals surface area (Å²) in [6.45, 7) is 5.85. The van der Waals surface area contributed by atoms with Crippen molar-refractivity contribution in [3.05, 3.63) is 24.2 Å². The molecule has 2 atom stereocenters. The maximum absolute atomic E-state index is 11.8. The standard InChI is InChI=1S/C13H19N3O4/c1-9-6-16(7-10(2)20-9)8-12(17)14-15-13(18)11-4-3-5-19-11/h3-5,9-10H,6-8H2,1-2H3,(H,14,17)(H,15,18)/p+1/t9-,10-/m1/s1. The molecule has 0 unspecified atom stereocenters. The highest BCUT2D eigenvalue weighted by Crippen LogP contribution is 1.98. The fraction of sp³-hybridized carbons (Fsp3) is 0.538. The predicted molar refractivity (Wildman–Crippen MR) is 69.9 cm³/mol. The van der Waals surface area contributed by atoms with E-state index in [1.54, 1.807) is 6.07 Å². The Bertz CT molecular complexity index is 450. The van der Waals surface area contributed by atoms with Crippen LogP contribution >= 0.6 is 0 Å². The predicted octanol–water partition coefficient (Wildman–Crippen LogP) is -1.27. The van der Waals surface area contributed by atoms with E-state index < -0.39 is 5.91 Å². The first-order valence-corrected chi connectivity index (χ1v) is 6.66. The van der Waals surface area contributed by atoms with Crippen LogP contribution in [-0.2, 0) is 9.53 Å². The quantitative estimate of drug-likeness (QED) is 0.604. The van der Waals surface area contributed by atoms with E-state index in [2.05, 4.69) is 10.9 Å². The molecule has 1 saturated heterocycles. The summed E-state index contributed by atoms with van der Waals surface area (Å²) >= 11 is 0. The van der Waals surface area contributed by atoms with Crippen LogP contribution in [0.2, 0.25) is 0 Å². The molecule has 7 heteroatoms. The minimum absolute atomic E-state index is 0.138. The average Bonchev–Trinajstić information content (AvgIpc) is 2.88. The van der Waals surface area contributed by atoms with Crippen molar-refractivity contribution in [2.24, 2.45) is 0 Å². The molecular weight excluding hydrogens is 262 g/mol. The van der Waals surface area contributed by atoms with Gasteiger partial charge in [-0.1, -0.05) is 0 Å². The summed E-state index contributed by atoms with van der Waals surface area (Å²) in [5.41, 5.74) is 4.71. The van der Waals surface area contributed by atoms with Crippen LogP contribution in [0.4, 0.5) is 0 Å². The Kier molecular flexibility index (Phi) is 4.75. The van der Waals surface area contributed by atoms with E-state index in [4.69, 9.17) is 9.15 Å². The minimum atomic E-state index is -0.470. The molecule has 0 aliphatic carbocycles. The maximum atomic E-state index is 11.8. The Morgan fingerprint density at radius 2 is 2.00 bits per heavy atom. The summed E-state index contributed by atoms with van der Waals surface area (Å²) in [5, 5.41) is 0. The van der Waals surface area contributed by atoms with Crippen molar-refractivity contribution < 1.29 is 23.6 Å². The Hall–Kier alpha value is -1.86. The van der Waals surface area contributed by atoms with Crippen LogP contribution in [0.5, 0.6) is 0 Å². The molecule has 110 valence electrons. The lowest BCUT2D eigenvalue weighted by Crippen LogP contribution is -3.16. The topological polar surface area (TPSA) is 85.0 Å². The normalized spacial score (nSPS) is 26.0. The number of quaternary nitrogens is 1. The number of rotatable bonds is 3. The van der Waals surface area contributed by atoms with Gasteiger partial charge < -0.3 is 14.1 Å². The van der Waals surface area contributed by atoms with Gasteiger partial charge in [0.25, 0.3) is 5.91 Å². The molecule has 1 aromatic heterocycles. The lowest BCUT2D eigenvalue weighted by Gasteiger charge is -2.31. The smallest absolute Gasteiger partial charge is 0.305 e. The molecule has 3 N–H and O–H groups in total. The monoisotopic (exact) mass is 282 g/mol. The van der Waals surface area contributed by atoms with Crippen molar-refractivity contribution in [1.29, 1.82) is 0 Å². The molecule has 0 bridgehead atoms. The van der Waals surface area contributed by atoms with Gasteiger partial charge in [-0.15, -0.1) is 0 Å². The number of nitrogens with one attached hydrogen (secondary N) is 3. The molecule has 20 heavy (non-hydrogen) atoms. The number of morpholine rings is 1. The minimum Gasteiger partial charge on any atom is -0.459 e. The SMILES string of the molecule is C[C@@H]1C[NH+](CC(=O)NNC(=O)c2ccco2)C[C@@H](C)O1. The van der Waals surface area contributed by atoms with E-state index in [1.807, 2.05) is 13.8 Å². The molecule has 1 aliphatic rings. The summed E-state index contributed by atoms with van der Waals surface area (Å²) in [7, 11) is 0. The molecule has 2 rings (SSSR count). The number of furan rings is 1. The third-order valence-corrected chi connectivity index (χ3v) is 3.09. The van der Waals surface area contributed by atoms with E-state index >= 15 is 0 Å². The first-order valence-electron chi connectivity index (χ1n) is 6.66. The first-order chi connectivity index (χ1) is 9.54. The molecule has 0 aromatic carbocycles. The third-order valence-electron chi connectivity index (χ3n) is 3.09. The Morgan fingerprint density at radius 3 is 2.60 bits per heavy atom. The molecular formula is C13H20N3O4+. The van der Waals surface area contributed by atoms with Gasteiger partial charge in [0, 0.05) is 0 Å². The molecule has 0 spiro atoms. The molecule has 1 aromatic rings. The molecule has 2 heterocycles. The van der Waals surface area contributed by atoms with E-state index in [0.29, 0.717) is 6.54 Å². The van der Waals surface area contributed by atoms with Crippen molar-refractivity contribution in [2.45, 2.75) is 26.1 Å². The maximum Gasteiger partial charge on any atom is 0.305 e. The van der Waals surface area contributed by atoms with Gasteiger partial charge in [0.15, 0.2) is 12.3 Å². The Morgan fingerprint density at radius 1 is 1.30 bits per heavy atom. The zero-order valence-corrected chi connectivity index (χ0v) is 11.6. The van der Waals surface area contributed by atoms with E-state index in [0.717, 1.165) is 18.0 Å². The zero-order valence-electron chi connectivity index (χ0n) is 11.6. The fourth-order valence-corrected chi connectivity index (χ4v) is 2.40. The number of hydrogen-bond acceptors (Lipinski definition) is 4. The van der Waals surface area contributed by atoms with Crippen molar-refractivity contribution >= 4 is 11.8 Å². The van der Waals surface area contributed by atoms with Gasteiger partial charge in [-0.2, -0.15) is 0 Å². The van der Waals surface area contributed by atoms with Crippen LogP contribution in [0, 0.1) is 0 Å². The van der Waals surface area contributed by atoms with Gasteiger partial charge in [0.2, 0.25) is 0 Å². The second-order valence-corrected chi connectivity index (χ2v) is 5.07. The van der Waals surface area contributed by atoms with Gasteiger partial charge in [0.05, 0.1) is 6.26 Å². The number of carbonyl (C=O) groups excluding carboxylic acids is 2. The number of hydrazine groups is 1. The van der Waals surface area contributed by atoms with Crippen molar-refractivity contribution in [3.63, 3.8) is 0 Å². The van der Waals surface area contributed by atoms with Crippen molar-refractivity contribution in [1.82, 2.24) is 10.9 Å². The largest absolute Gasteiger partial charge is 0.459 e. The Labute approximate surface area is 117 Å². The molecule has 7 nitrogen and oxygen atoms in total. The summed E-state index contributed by atoms with van der Waals surface area (Å²) in [6.07, 6.45) is 1.68. The highest BCUT2D eigenvalue weighted by molar-refractivity contribution is 5.92. The molecule has 2 amide bonds. The van der Waals surface area contributed by atoms with E-state index in [-0.39, 0.29) is 23.9 Å². The number of hydrogen-bond donors (Lipinski definition) is 3. The molecule has 1 fully saturated rings. The fourth-order valence-electron chi connectivity index (χ4n) is 2.40. The zero-order chi connectivity index (χ0) is 14.5. The highest BCUT2D eigenvalue weighted by atomic mass is 16.5. The van der Waals surface area contributed by atoms with Gasteiger partial charge in [-0.05, 0) is 26.0 Å². The van der Waals surface area contributed by atoms with Crippen LogP contribution < -0.4 is 15.8 Å². The van der Waals surface area contributed by atoms with Gasteiger partial charge in [-0.25, -0.2) is 0 Å². The second kappa shape index (κ2) is 6.53. The van der Waals surface area contributed by atoms with Crippen LogP contribution in [0.3, 0.4) is 0 Å². The van der Waals surface area contributed by atoms with Crippen LogP contribution in [-0.4, -0.2) is 43.7 Å². The average molecular weight is 282 g/mol. The highest BCUT2D eigenvalue weighted by Gasteiger charge is 2.27. The van der Waals surface area contributed by atoms with Gasteiger partial charge >= 0.3 is 5.91 Å². The first kappa shape index (κ1) is 14.5. The number of ether oxygens (including phenoxy) is 1. The molecule has 0 saturated carbocycles. The van der Waals surface area contributed by atoms with Crippen molar-refractivity contribution in [2.75, 3.05) is 19.6 Å². The van der Waals surface area contributed by atoms with Crippen LogP contribution in [0.25, 0.3) is 0 Å². The second-order valence-electron chi connectivity index (χ2n) is 5.07. The Balaban J connectivity index is 1.74. The third kappa shape index (κ3) is 4.07. The summed E-state index contributed by atoms with van der Waals surface area (Å²) in [6, 6.07) is 3.13. The summed E-state index contributed by atoms with van der Waals surface area (Å²) in [4.78, 5) is 24.5. The van der Waals surface area contributed by atoms with Crippen LogP contribution in [0.1, 0.15) is 24.4 Å². The summed E-state index contributed by atoms with van der Waals surface area (Å²) in [5.74, 6) is -0.547. The summed E-state index contributed by atoms with van der Waals surface area (Å²) < 4.78 is 10.5. The van der Waals surface area contributed by atoms with E-state index in [9.17, 15) is 9.59 Å². The number of amides is 2. The molecule has 1 aliphatic heterocycles. The van der Waals surface area contributed by atoms with Gasteiger partial charge in [0.1, 0.15) is 25.3 Å². The van der Waals surface area contributed by atoms with Crippen LogP contribution in [0.15, 0.2) is 22.8 Å². The number of carbonyl (C=O) groups is 2. The lowest BCUT2D eigenvalue weighted by atomic mass is 10.2. The van der Waals surface area contributed by atoms with E-state index in [1.165, 1.54) is 12.3 Å². The van der Waals surface area contributed by atoms with Crippen molar-refractivity contribution in [3.8, 4) is 0 Å². The lowest BCUT2D eigenvalue weighted by molar-refractivity contribution is -0.907. The molecule has 0 radical (unpaired) electrons.